The largest absolute Gasteiger partial charge is 0.623 e. The molecule has 0 bridgehead atoms. The molecule has 0 radical (unpaired) electrons. The van der Waals surface area contributed by atoms with Crippen molar-refractivity contribution in [2.45, 2.75) is 0 Å². The quantitative estimate of drug-likeness (QED) is 0.258. The summed E-state index contributed by atoms with van der Waals surface area (Å²) in [4.78, 5) is 10.8. The molecule has 1 rings (SSSR count). The zero-order valence-electron chi connectivity index (χ0n) is 8.14. The van der Waals surface area contributed by atoms with Gasteiger partial charge in [-0.05, 0) is 24.3 Å². The number of ether oxygens (including phenoxy) is 1. The van der Waals surface area contributed by atoms with Crippen LogP contribution in [-0.2, 0) is 9.53 Å². The number of hydroxylamine groups is 1. The molecule has 0 atom stereocenters. The fourth-order valence-corrected chi connectivity index (χ4v) is 1.08. The molecule has 0 aromatic heterocycles. The number of carbonyl (C=O) groups is 1. The summed E-state index contributed by atoms with van der Waals surface area (Å²) < 4.78 is 4.86. The van der Waals surface area contributed by atoms with E-state index in [1.807, 2.05) is 0 Å². The summed E-state index contributed by atoms with van der Waals surface area (Å²) in [5, 5.41) is 11.8. The minimum Gasteiger partial charge on any atom is -0.623 e. The summed E-state index contributed by atoms with van der Waals surface area (Å²) in [5.74, 6) is -0.574. The second-order valence-electron chi connectivity index (χ2n) is 2.83. The Bertz CT molecular complexity index is 373. The number of carbonyl (C=O) groups excluding carboxylic acids is 1. The molecule has 4 nitrogen and oxygen atoms in total. The average molecular weight is 228 g/mol. The molecule has 0 spiro atoms. The first-order chi connectivity index (χ1) is 7.11. The first-order valence-electron chi connectivity index (χ1n) is 4.23. The molecule has 0 aliphatic heterocycles. The molecule has 1 aromatic rings. The lowest BCUT2D eigenvalue weighted by atomic mass is 10.2. The van der Waals surface area contributed by atoms with Crippen LogP contribution in [-0.4, -0.2) is 30.6 Å². The Morgan fingerprint density at radius 3 is 2.67 bits per heavy atom. The number of esters is 1. The van der Waals surface area contributed by atoms with E-state index in [0.29, 0.717) is 15.3 Å². The van der Waals surface area contributed by atoms with Gasteiger partial charge in [-0.25, -0.2) is 4.79 Å². The first kappa shape index (κ1) is 11.5. The second-order valence-corrected chi connectivity index (χ2v) is 3.27. The van der Waals surface area contributed by atoms with Gasteiger partial charge < -0.3 is 9.94 Å². The Labute approximate surface area is 92.3 Å². The van der Waals surface area contributed by atoms with Crippen LogP contribution in [0.2, 0.25) is 5.02 Å². The van der Waals surface area contributed by atoms with Gasteiger partial charge in [0, 0.05) is 10.6 Å². The van der Waals surface area contributed by atoms with Gasteiger partial charge in [0.25, 0.3) is 0 Å². The fraction of sp³-hybridized carbons (Fsp3) is 0.200. The Balaban J connectivity index is 2.70. The van der Waals surface area contributed by atoms with E-state index >= 15 is 0 Å². The highest BCUT2D eigenvalue weighted by Gasteiger charge is 2.05. The molecule has 0 amide bonds. The summed E-state index contributed by atoms with van der Waals surface area (Å²) in [5.41, 5.74) is 0.679. The molecule has 15 heavy (non-hydrogen) atoms. The van der Waals surface area contributed by atoms with E-state index < -0.39 is 5.97 Å². The van der Waals surface area contributed by atoms with Crippen LogP contribution >= 0.6 is 11.6 Å². The smallest absolute Gasteiger partial charge is 0.373 e. The molecule has 5 heteroatoms. The van der Waals surface area contributed by atoms with Crippen LogP contribution in [0.5, 0.6) is 0 Å². The van der Waals surface area contributed by atoms with Crippen LogP contribution in [0.1, 0.15) is 5.56 Å². The monoisotopic (exact) mass is 227 g/mol. The number of hydrogen-bond acceptors (Lipinski definition) is 3. The highest BCUT2D eigenvalue weighted by atomic mass is 35.5. The Hall–Kier alpha value is -1.55. The molecule has 0 saturated heterocycles. The molecule has 0 saturated carbocycles. The van der Waals surface area contributed by atoms with Gasteiger partial charge in [-0.1, -0.05) is 11.6 Å². The van der Waals surface area contributed by atoms with Crippen LogP contribution in [0.25, 0.3) is 0 Å². The zero-order chi connectivity index (χ0) is 11.3. The predicted molar refractivity (Wildman–Crippen MR) is 57.1 cm³/mol. The van der Waals surface area contributed by atoms with E-state index in [1.54, 1.807) is 24.3 Å². The third-order valence-electron chi connectivity index (χ3n) is 1.68. The maximum absolute atomic E-state index is 11.2. The van der Waals surface area contributed by atoms with E-state index in [0.717, 1.165) is 0 Å². The number of rotatable bonds is 3. The minimum atomic E-state index is -0.574. The van der Waals surface area contributed by atoms with Gasteiger partial charge in [0.1, 0.15) is 0 Å². The van der Waals surface area contributed by atoms with E-state index in [4.69, 9.17) is 11.6 Å². The minimum absolute atomic E-state index is 0.320. The highest BCUT2D eigenvalue weighted by Crippen LogP contribution is 2.07. The van der Waals surface area contributed by atoms with Crippen molar-refractivity contribution in [1.82, 2.24) is 0 Å². The number of halogens is 1. The van der Waals surface area contributed by atoms with Crippen molar-refractivity contribution in [3.8, 4) is 0 Å². The van der Waals surface area contributed by atoms with Crippen LogP contribution in [0.3, 0.4) is 0 Å². The molecular formula is C10H10ClNO3. The van der Waals surface area contributed by atoms with Crippen molar-refractivity contribution in [2.75, 3.05) is 13.7 Å². The van der Waals surface area contributed by atoms with Gasteiger partial charge in [-0.2, -0.15) is 4.74 Å². The van der Waals surface area contributed by atoms with Crippen molar-refractivity contribution in [3.05, 3.63) is 40.1 Å². The lowest BCUT2D eigenvalue weighted by Gasteiger charge is -2.02. The summed E-state index contributed by atoms with van der Waals surface area (Å²) in [7, 11) is 1.23. The maximum Gasteiger partial charge on any atom is 0.373 e. The molecule has 0 aliphatic carbocycles. The number of nitrogens with zero attached hydrogens (tertiary/aromatic N) is 1. The van der Waals surface area contributed by atoms with Gasteiger partial charge in [0.15, 0.2) is 6.21 Å². The van der Waals surface area contributed by atoms with Gasteiger partial charge in [-0.3, -0.25) is 0 Å². The van der Waals surface area contributed by atoms with E-state index in [9.17, 15) is 10.0 Å². The van der Waals surface area contributed by atoms with Gasteiger partial charge in [-0.15, -0.1) is 0 Å². The average Bonchev–Trinajstić information content (AvgIpc) is 2.21. The molecule has 0 heterocycles. The second kappa shape index (κ2) is 5.36. The summed E-state index contributed by atoms with van der Waals surface area (Å²) in [6.45, 7) is -0.320. The molecule has 0 fully saturated rings. The van der Waals surface area contributed by atoms with Crippen molar-refractivity contribution in [2.24, 2.45) is 0 Å². The molecule has 0 N–H and O–H groups in total. The summed E-state index contributed by atoms with van der Waals surface area (Å²) in [6.07, 6.45) is 1.30. The lowest BCUT2D eigenvalue weighted by molar-refractivity contribution is -0.442. The van der Waals surface area contributed by atoms with Crippen LogP contribution in [0, 0.1) is 5.21 Å². The van der Waals surface area contributed by atoms with E-state index in [2.05, 4.69) is 4.74 Å². The van der Waals surface area contributed by atoms with Crippen molar-refractivity contribution >= 4 is 23.8 Å². The SMILES string of the molecule is COC(=O)C/[N+]([O-])=C/c1ccc(Cl)cc1. The maximum atomic E-state index is 11.2. The summed E-state index contributed by atoms with van der Waals surface area (Å²) >= 11 is 5.68. The Morgan fingerprint density at radius 2 is 2.13 bits per heavy atom. The molecule has 1 aromatic carbocycles. The third-order valence-corrected chi connectivity index (χ3v) is 1.93. The standard InChI is InChI=1S/C10H10ClNO3/c1-15-10(13)7-12(14)6-8-2-4-9(11)5-3-8/h2-6H,7H2,1H3/b12-6-. The highest BCUT2D eigenvalue weighted by molar-refractivity contribution is 6.30. The van der Waals surface area contributed by atoms with Crippen LogP contribution in [0.4, 0.5) is 0 Å². The topological polar surface area (TPSA) is 52.4 Å². The first-order valence-corrected chi connectivity index (χ1v) is 4.60. The molecule has 0 aliphatic rings. The normalized spacial score (nSPS) is 11.2. The number of methoxy groups -OCH3 is 1. The van der Waals surface area contributed by atoms with Crippen LogP contribution in [0.15, 0.2) is 24.3 Å². The molecule has 0 unspecified atom stereocenters. The van der Waals surface area contributed by atoms with Gasteiger partial charge >= 0.3 is 5.97 Å². The van der Waals surface area contributed by atoms with Crippen molar-refractivity contribution in [3.63, 3.8) is 0 Å². The third kappa shape index (κ3) is 3.99. The van der Waals surface area contributed by atoms with E-state index in [1.165, 1.54) is 13.3 Å². The number of hydrogen-bond donors (Lipinski definition) is 0. The van der Waals surface area contributed by atoms with Crippen molar-refractivity contribution < 1.29 is 14.3 Å². The Morgan fingerprint density at radius 1 is 1.53 bits per heavy atom. The van der Waals surface area contributed by atoms with Crippen LogP contribution < -0.4 is 0 Å². The van der Waals surface area contributed by atoms with E-state index in [-0.39, 0.29) is 6.54 Å². The lowest BCUT2D eigenvalue weighted by Crippen LogP contribution is -2.18. The molecule has 80 valence electrons. The number of benzene rings is 1. The fourth-order valence-electron chi connectivity index (χ4n) is 0.953. The summed E-state index contributed by atoms with van der Waals surface area (Å²) in [6, 6.07) is 6.70. The van der Waals surface area contributed by atoms with Gasteiger partial charge in [0.05, 0.1) is 7.11 Å². The predicted octanol–water partition coefficient (Wildman–Crippen LogP) is 1.44. The Kier molecular flexibility index (Phi) is 4.12. The van der Waals surface area contributed by atoms with Gasteiger partial charge in [0.2, 0.25) is 6.54 Å². The zero-order valence-corrected chi connectivity index (χ0v) is 8.90. The van der Waals surface area contributed by atoms with Crippen molar-refractivity contribution in [1.29, 1.82) is 0 Å². The molecular weight excluding hydrogens is 218 g/mol.